The summed E-state index contributed by atoms with van der Waals surface area (Å²) in [7, 11) is 0. The van der Waals surface area contributed by atoms with Gasteiger partial charge in [-0.2, -0.15) is 0 Å². The molecule has 0 atom stereocenters. The van der Waals surface area contributed by atoms with E-state index in [1.165, 1.54) is 0 Å². The normalized spacial score (nSPS) is 9.42. The number of carbonyl (C=O) groups excluding carboxylic acids is 1. The van der Waals surface area contributed by atoms with Gasteiger partial charge in [0.2, 0.25) is 6.29 Å². The molecule has 63 valence electrons. The zero-order valence-electron chi connectivity index (χ0n) is 6.49. The number of para-hydroxylation sites is 1. The largest absolute Gasteiger partial charge is 0.485 e. The topological polar surface area (TPSA) is 46.5 Å². The summed E-state index contributed by atoms with van der Waals surface area (Å²) < 4.78 is 4.99. The number of hydrogen-bond donors (Lipinski definition) is 1. The van der Waals surface area contributed by atoms with Crippen LogP contribution >= 0.6 is 0 Å². The molecular formula is C9H9O3. The molecule has 12 heavy (non-hydrogen) atoms. The van der Waals surface area contributed by atoms with Crippen LogP contribution in [0.3, 0.4) is 0 Å². The lowest BCUT2D eigenvalue weighted by Gasteiger charge is -2.05. The first-order chi connectivity index (χ1) is 5.88. The summed E-state index contributed by atoms with van der Waals surface area (Å²) in [6.07, 6.45) is 1.61. The predicted octanol–water partition coefficient (Wildman–Crippen LogP) is 0.667. The van der Waals surface area contributed by atoms with Crippen molar-refractivity contribution >= 4 is 6.29 Å². The van der Waals surface area contributed by atoms with Crippen molar-refractivity contribution in [3.63, 3.8) is 0 Å². The van der Waals surface area contributed by atoms with Crippen LogP contribution in [0, 0.1) is 0 Å². The lowest BCUT2D eigenvalue weighted by molar-refractivity contribution is 0.270. The summed E-state index contributed by atoms with van der Waals surface area (Å²) in [6, 6.07) is 7.01. The third-order valence-corrected chi connectivity index (χ3v) is 1.43. The molecular weight excluding hydrogens is 156 g/mol. The molecule has 3 nitrogen and oxygen atoms in total. The number of ether oxygens (including phenoxy) is 1. The highest BCUT2D eigenvalue weighted by molar-refractivity contribution is 5.52. The molecule has 0 aliphatic carbocycles. The average molecular weight is 165 g/mol. The molecule has 0 amide bonds. The first-order valence-electron chi connectivity index (χ1n) is 3.55. The van der Waals surface area contributed by atoms with Crippen LogP contribution in [-0.2, 0) is 11.4 Å². The van der Waals surface area contributed by atoms with E-state index < -0.39 is 0 Å². The van der Waals surface area contributed by atoms with Crippen molar-refractivity contribution in [2.45, 2.75) is 6.61 Å². The molecule has 1 aromatic carbocycles. The van der Waals surface area contributed by atoms with E-state index in [0.29, 0.717) is 11.3 Å². The minimum atomic E-state index is -0.100. The van der Waals surface area contributed by atoms with E-state index in [4.69, 9.17) is 9.84 Å². The molecule has 1 aromatic rings. The molecule has 0 heterocycles. The third kappa shape index (κ3) is 2.07. The molecule has 3 heteroatoms. The van der Waals surface area contributed by atoms with Crippen molar-refractivity contribution in [3.05, 3.63) is 29.8 Å². The van der Waals surface area contributed by atoms with Gasteiger partial charge in [0.15, 0.2) is 6.61 Å². The Balaban J connectivity index is 2.74. The Morgan fingerprint density at radius 3 is 2.83 bits per heavy atom. The Labute approximate surface area is 70.6 Å². The maximum atomic E-state index is 9.87. The van der Waals surface area contributed by atoms with Crippen LogP contribution in [0.15, 0.2) is 24.3 Å². The summed E-state index contributed by atoms with van der Waals surface area (Å²) in [5.41, 5.74) is 0.674. The zero-order chi connectivity index (χ0) is 8.81. The minimum Gasteiger partial charge on any atom is -0.485 e. The fourth-order valence-corrected chi connectivity index (χ4v) is 0.882. The predicted molar refractivity (Wildman–Crippen MR) is 43.6 cm³/mol. The van der Waals surface area contributed by atoms with Crippen LogP contribution in [0.4, 0.5) is 0 Å². The Morgan fingerprint density at radius 1 is 1.42 bits per heavy atom. The van der Waals surface area contributed by atoms with E-state index in [1.54, 1.807) is 30.6 Å². The fourth-order valence-electron chi connectivity index (χ4n) is 0.882. The van der Waals surface area contributed by atoms with Crippen LogP contribution in [0.2, 0.25) is 0 Å². The molecule has 0 aromatic heterocycles. The minimum absolute atomic E-state index is 0.0883. The van der Waals surface area contributed by atoms with Crippen LogP contribution < -0.4 is 4.74 Å². The van der Waals surface area contributed by atoms with Gasteiger partial charge in [0.05, 0.1) is 6.61 Å². The van der Waals surface area contributed by atoms with E-state index in [-0.39, 0.29) is 13.2 Å². The molecule has 0 spiro atoms. The van der Waals surface area contributed by atoms with E-state index in [1.807, 2.05) is 0 Å². The van der Waals surface area contributed by atoms with Crippen molar-refractivity contribution in [1.29, 1.82) is 0 Å². The van der Waals surface area contributed by atoms with Gasteiger partial charge in [-0.1, -0.05) is 18.2 Å². The third-order valence-electron chi connectivity index (χ3n) is 1.43. The summed E-state index contributed by atoms with van der Waals surface area (Å²) in [4.78, 5) is 9.87. The first-order valence-corrected chi connectivity index (χ1v) is 3.55. The molecule has 0 aliphatic heterocycles. The fraction of sp³-hybridized carbons (Fsp3) is 0.222. The second kappa shape index (κ2) is 4.51. The van der Waals surface area contributed by atoms with Crippen LogP contribution in [0.5, 0.6) is 5.75 Å². The number of hydrogen-bond acceptors (Lipinski definition) is 3. The van der Waals surface area contributed by atoms with Crippen molar-refractivity contribution in [1.82, 2.24) is 0 Å². The molecule has 1 radical (unpaired) electrons. The molecule has 0 saturated heterocycles. The highest BCUT2D eigenvalue weighted by Gasteiger charge is 1.99. The number of aliphatic hydroxyl groups excluding tert-OH is 1. The standard InChI is InChI=1S/C9H9O3/c10-5-6-12-9-4-2-1-3-8(9)7-11/h1-4,11H,6-7H2. The van der Waals surface area contributed by atoms with Gasteiger partial charge in [0.25, 0.3) is 0 Å². The molecule has 0 fully saturated rings. The Hall–Kier alpha value is -1.35. The molecule has 1 N–H and O–H groups in total. The molecule has 0 bridgehead atoms. The van der Waals surface area contributed by atoms with Gasteiger partial charge in [-0.05, 0) is 6.07 Å². The molecule has 0 saturated carbocycles. The van der Waals surface area contributed by atoms with Gasteiger partial charge in [-0.15, -0.1) is 0 Å². The van der Waals surface area contributed by atoms with E-state index in [0.717, 1.165) is 0 Å². The van der Waals surface area contributed by atoms with Crippen LogP contribution in [-0.4, -0.2) is 18.0 Å². The van der Waals surface area contributed by atoms with Crippen molar-refractivity contribution < 1.29 is 14.6 Å². The van der Waals surface area contributed by atoms with Gasteiger partial charge < -0.3 is 9.84 Å². The van der Waals surface area contributed by atoms with Gasteiger partial charge in [-0.25, -0.2) is 0 Å². The number of benzene rings is 1. The average Bonchev–Trinajstić information content (AvgIpc) is 2.15. The number of aliphatic hydroxyl groups is 1. The van der Waals surface area contributed by atoms with Gasteiger partial charge in [0, 0.05) is 5.56 Å². The number of rotatable bonds is 4. The highest BCUT2D eigenvalue weighted by Crippen LogP contribution is 2.16. The van der Waals surface area contributed by atoms with E-state index >= 15 is 0 Å². The SMILES string of the molecule is O=[C]COc1ccccc1CO. The first kappa shape index (κ1) is 8.74. The summed E-state index contributed by atoms with van der Waals surface area (Å²) >= 11 is 0. The smallest absolute Gasteiger partial charge is 0.239 e. The Morgan fingerprint density at radius 2 is 2.17 bits per heavy atom. The monoisotopic (exact) mass is 165 g/mol. The molecule has 1 rings (SSSR count). The van der Waals surface area contributed by atoms with E-state index in [9.17, 15) is 4.79 Å². The zero-order valence-corrected chi connectivity index (χ0v) is 6.49. The second-order valence-electron chi connectivity index (χ2n) is 2.20. The lowest BCUT2D eigenvalue weighted by atomic mass is 10.2. The summed E-state index contributed by atoms with van der Waals surface area (Å²) in [5.74, 6) is 0.531. The maximum Gasteiger partial charge on any atom is 0.239 e. The Bertz CT molecular complexity index is 258. The van der Waals surface area contributed by atoms with Gasteiger partial charge >= 0.3 is 0 Å². The quantitative estimate of drug-likeness (QED) is 0.713. The maximum absolute atomic E-state index is 9.87. The second-order valence-corrected chi connectivity index (χ2v) is 2.20. The van der Waals surface area contributed by atoms with Gasteiger partial charge in [0.1, 0.15) is 5.75 Å². The molecule has 0 aliphatic rings. The van der Waals surface area contributed by atoms with Crippen molar-refractivity contribution in [2.75, 3.05) is 6.61 Å². The Kier molecular flexibility index (Phi) is 3.29. The van der Waals surface area contributed by atoms with Crippen molar-refractivity contribution in [2.24, 2.45) is 0 Å². The lowest BCUT2D eigenvalue weighted by Crippen LogP contribution is -2.00. The van der Waals surface area contributed by atoms with Gasteiger partial charge in [-0.3, -0.25) is 4.79 Å². The van der Waals surface area contributed by atoms with Crippen LogP contribution in [0.25, 0.3) is 0 Å². The van der Waals surface area contributed by atoms with Crippen LogP contribution in [0.1, 0.15) is 5.56 Å². The highest BCUT2D eigenvalue weighted by atomic mass is 16.5. The summed E-state index contributed by atoms with van der Waals surface area (Å²) in [6.45, 7) is -0.188. The van der Waals surface area contributed by atoms with E-state index in [2.05, 4.69) is 0 Å². The van der Waals surface area contributed by atoms with Crippen molar-refractivity contribution in [3.8, 4) is 5.75 Å². The summed E-state index contributed by atoms with van der Waals surface area (Å²) in [5, 5.41) is 8.84. The molecule has 0 unspecified atom stereocenters.